The summed E-state index contributed by atoms with van der Waals surface area (Å²) in [6, 6.07) is 6.99. The summed E-state index contributed by atoms with van der Waals surface area (Å²) in [6.45, 7) is 1.32. The van der Waals surface area contributed by atoms with E-state index in [0.717, 1.165) is 24.3 Å². The standard InChI is InChI=1S/C15H14F3NO3/c1-14(21,12-3-2-8-22-12)9-19-13(20)10-4-6-11(7-5-10)15(16,17)18/h2-8,21H,9H2,1H3,(H,19,20). The maximum absolute atomic E-state index is 12.4. The first-order valence-electron chi connectivity index (χ1n) is 6.42. The van der Waals surface area contributed by atoms with Gasteiger partial charge in [-0.2, -0.15) is 13.2 Å². The monoisotopic (exact) mass is 313 g/mol. The maximum atomic E-state index is 12.4. The molecule has 2 aromatic rings. The van der Waals surface area contributed by atoms with Gasteiger partial charge >= 0.3 is 6.18 Å². The van der Waals surface area contributed by atoms with Crippen molar-refractivity contribution in [1.82, 2.24) is 5.32 Å². The quantitative estimate of drug-likeness (QED) is 0.912. The highest BCUT2D eigenvalue weighted by Crippen LogP contribution is 2.29. The summed E-state index contributed by atoms with van der Waals surface area (Å²) < 4.78 is 42.4. The Morgan fingerprint density at radius 2 is 1.86 bits per heavy atom. The molecule has 0 aliphatic carbocycles. The third-order valence-electron chi connectivity index (χ3n) is 3.12. The molecule has 118 valence electrons. The summed E-state index contributed by atoms with van der Waals surface area (Å²) in [7, 11) is 0. The van der Waals surface area contributed by atoms with E-state index in [1.165, 1.54) is 13.2 Å². The molecule has 1 atom stereocenters. The highest BCUT2D eigenvalue weighted by molar-refractivity contribution is 5.94. The van der Waals surface area contributed by atoms with Crippen LogP contribution in [-0.4, -0.2) is 17.6 Å². The molecule has 1 heterocycles. The van der Waals surface area contributed by atoms with E-state index < -0.39 is 23.2 Å². The van der Waals surface area contributed by atoms with Crippen molar-refractivity contribution in [3.8, 4) is 0 Å². The second-order valence-corrected chi connectivity index (χ2v) is 5.01. The van der Waals surface area contributed by atoms with Gasteiger partial charge in [-0.3, -0.25) is 4.79 Å². The second-order valence-electron chi connectivity index (χ2n) is 5.01. The molecule has 0 fully saturated rings. The van der Waals surface area contributed by atoms with Crippen LogP contribution in [0.15, 0.2) is 47.1 Å². The van der Waals surface area contributed by atoms with Crippen molar-refractivity contribution < 1.29 is 27.5 Å². The zero-order valence-corrected chi connectivity index (χ0v) is 11.6. The highest BCUT2D eigenvalue weighted by atomic mass is 19.4. The largest absolute Gasteiger partial charge is 0.466 e. The molecule has 1 amide bonds. The van der Waals surface area contributed by atoms with Crippen LogP contribution < -0.4 is 5.32 Å². The molecular weight excluding hydrogens is 299 g/mol. The molecule has 0 aliphatic heterocycles. The van der Waals surface area contributed by atoms with Gasteiger partial charge < -0.3 is 14.8 Å². The van der Waals surface area contributed by atoms with Crippen LogP contribution in [0.5, 0.6) is 0 Å². The van der Waals surface area contributed by atoms with Crippen molar-refractivity contribution in [2.75, 3.05) is 6.54 Å². The van der Waals surface area contributed by atoms with Crippen LogP contribution in [0.4, 0.5) is 13.2 Å². The fraction of sp³-hybridized carbons (Fsp3) is 0.267. The Labute approximate surface area is 124 Å². The van der Waals surface area contributed by atoms with Crippen molar-refractivity contribution >= 4 is 5.91 Å². The van der Waals surface area contributed by atoms with E-state index >= 15 is 0 Å². The van der Waals surface area contributed by atoms with E-state index in [1.54, 1.807) is 12.1 Å². The lowest BCUT2D eigenvalue weighted by atomic mass is 10.0. The van der Waals surface area contributed by atoms with Gasteiger partial charge in [-0.25, -0.2) is 0 Å². The van der Waals surface area contributed by atoms with E-state index in [-0.39, 0.29) is 17.9 Å². The highest BCUT2D eigenvalue weighted by Gasteiger charge is 2.30. The first kappa shape index (κ1) is 16.1. The van der Waals surface area contributed by atoms with Crippen LogP contribution >= 0.6 is 0 Å². The molecule has 4 nitrogen and oxygen atoms in total. The van der Waals surface area contributed by atoms with Gasteiger partial charge in [-0.15, -0.1) is 0 Å². The Morgan fingerprint density at radius 1 is 1.23 bits per heavy atom. The minimum atomic E-state index is -4.45. The summed E-state index contributed by atoms with van der Waals surface area (Å²) >= 11 is 0. The SMILES string of the molecule is CC(O)(CNC(=O)c1ccc(C(F)(F)F)cc1)c1ccco1. The molecule has 0 bridgehead atoms. The van der Waals surface area contributed by atoms with E-state index in [9.17, 15) is 23.1 Å². The van der Waals surface area contributed by atoms with Gasteiger partial charge in [0.2, 0.25) is 0 Å². The average molecular weight is 313 g/mol. The molecule has 7 heteroatoms. The number of nitrogens with one attached hydrogen (secondary N) is 1. The number of halogens is 3. The average Bonchev–Trinajstić information content (AvgIpc) is 2.99. The first-order valence-corrected chi connectivity index (χ1v) is 6.42. The predicted molar refractivity (Wildman–Crippen MR) is 72.1 cm³/mol. The lowest BCUT2D eigenvalue weighted by Gasteiger charge is -2.21. The molecule has 1 unspecified atom stereocenters. The number of carbonyl (C=O) groups is 1. The lowest BCUT2D eigenvalue weighted by molar-refractivity contribution is -0.137. The van der Waals surface area contributed by atoms with Crippen molar-refractivity contribution in [2.45, 2.75) is 18.7 Å². The molecule has 2 N–H and O–H groups in total. The zero-order valence-electron chi connectivity index (χ0n) is 11.6. The second kappa shape index (κ2) is 5.84. The predicted octanol–water partition coefficient (Wildman–Crippen LogP) is 2.94. The summed E-state index contributed by atoms with van der Waals surface area (Å²) in [5.74, 6) is -0.305. The van der Waals surface area contributed by atoms with Gasteiger partial charge in [0.1, 0.15) is 11.4 Å². The fourth-order valence-electron chi connectivity index (χ4n) is 1.84. The van der Waals surface area contributed by atoms with Crippen LogP contribution in [0.25, 0.3) is 0 Å². The number of hydrogen-bond donors (Lipinski definition) is 2. The molecule has 0 spiro atoms. The van der Waals surface area contributed by atoms with Crippen molar-refractivity contribution in [3.63, 3.8) is 0 Å². The minimum absolute atomic E-state index is 0.0724. The maximum Gasteiger partial charge on any atom is 0.416 e. The Bertz CT molecular complexity index is 631. The minimum Gasteiger partial charge on any atom is -0.466 e. The van der Waals surface area contributed by atoms with E-state index in [1.807, 2.05) is 0 Å². The van der Waals surface area contributed by atoms with E-state index in [2.05, 4.69) is 5.32 Å². The van der Waals surface area contributed by atoms with Crippen LogP contribution in [0, 0.1) is 0 Å². The van der Waals surface area contributed by atoms with Gasteiger partial charge in [-0.1, -0.05) is 0 Å². The summed E-state index contributed by atoms with van der Waals surface area (Å²) in [4.78, 5) is 11.9. The van der Waals surface area contributed by atoms with E-state index in [0.29, 0.717) is 0 Å². The summed E-state index contributed by atoms with van der Waals surface area (Å²) in [5.41, 5.74) is -2.17. The van der Waals surface area contributed by atoms with Gasteiger partial charge in [0.25, 0.3) is 5.91 Å². The molecule has 0 aliphatic rings. The Balaban J connectivity index is 2.01. The van der Waals surface area contributed by atoms with E-state index in [4.69, 9.17) is 4.42 Å². The topological polar surface area (TPSA) is 62.5 Å². The lowest BCUT2D eigenvalue weighted by Crippen LogP contribution is -2.38. The summed E-state index contributed by atoms with van der Waals surface area (Å²) in [5, 5.41) is 12.6. The number of furan rings is 1. The molecule has 22 heavy (non-hydrogen) atoms. The fourth-order valence-corrected chi connectivity index (χ4v) is 1.84. The van der Waals surface area contributed by atoms with Crippen LogP contribution in [0.1, 0.15) is 28.6 Å². The molecule has 0 saturated heterocycles. The number of alkyl halides is 3. The van der Waals surface area contributed by atoms with Crippen LogP contribution in [0.3, 0.4) is 0 Å². The van der Waals surface area contributed by atoms with Crippen LogP contribution in [0.2, 0.25) is 0 Å². The van der Waals surface area contributed by atoms with Crippen molar-refractivity contribution in [1.29, 1.82) is 0 Å². The molecule has 0 saturated carbocycles. The Hall–Kier alpha value is -2.28. The van der Waals surface area contributed by atoms with Gasteiger partial charge in [0.15, 0.2) is 0 Å². The number of benzene rings is 1. The van der Waals surface area contributed by atoms with Crippen LogP contribution in [-0.2, 0) is 11.8 Å². The molecule has 1 aromatic heterocycles. The van der Waals surface area contributed by atoms with Gasteiger partial charge in [-0.05, 0) is 43.3 Å². The van der Waals surface area contributed by atoms with Gasteiger partial charge in [0, 0.05) is 5.56 Å². The molecule has 2 rings (SSSR count). The summed E-state index contributed by atoms with van der Waals surface area (Å²) in [6.07, 6.45) is -3.06. The smallest absolute Gasteiger partial charge is 0.416 e. The third-order valence-corrected chi connectivity index (χ3v) is 3.12. The number of amides is 1. The normalized spacial score (nSPS) is 14.4. The van der Waals surface area contributed by atoms with Crippen molar-refractivity contribution in [2.24, 2.45) is 0 Å². The van der Waals surface area contributed by atoms with Gasteiger partial charge in [0.05, 0.1) is 18.4 Å². The third kappa shape index (κ3) is 3.67. The van der Waals surface area contributed by atoms with Crippen molar-refractivity contribution in [3.05, 3.63) is 59.5 Å². The number of carbonyl (C=O) groups excluding carboxylic acids is 1. The molecular formula is C15H14F3NO3. The Morgan fingerprint density at radius 3 is 2.36 bits per heavy atom. The zero-order chi connectivity index (χ0) is 16.4. The number of hydrogen-bond acceptors (Lipinski definition) is 3. The first-order chi connectivity index (χ1) is 10.2. The number of rotatable bonds is 4. The number of aliphatic hydroxyl groups is 1. The molecule has 1 aromatic carbocycles. The Kier molecular flexibility index (Phi) is 4.27. The molecule has 0 radical (unpaired) electrons.